The van der Waals surface area contributed by atoms with Crippen LogP contribution >= 0.6 is 0 Å². The third kappa shape index (κ3) is 8.34. The standard InChI is InChI=1S/C11H15NO2.C2H6O.Zn/c1-11(2,8-13)12-7-9-5-3-4-6-10(9)14;1-2-3;/h3-7,13-14H,8H2,1-2H3;3H,2H2,1H3;. The third-order valence-electron chi connectivity index (χ3n) is 1.88. The van der Waals surface area contributed by atoms with Gasteiger partial charge in [0.25, 0.3) is 0 Å². The number of aromatic hydroxyl groups is 1. The molecule has 0 unspecified atom stereocenters. The van der Waals surface area contributed by atoms with Crippen LogP contribution in [0.5, 0.6) is 5.75 Å². The Morgan fingerprint density at radius 3 is 2.17 bits per heavy atom. The van der Waals surface area contributed by atoms with E-state index in [1.807, 2.05) is 19.9 Å². The molecule has 0 amide bonds. The number of phenolic OH excluding ortho intramolecular Hbond substituents is 1. The number of para-hydroxylation sites is 1. The van der Waals surface area contributed by atoms with Gasteiger partial charge in [0.15, 0.2) is 0 Å². The number of aliphatic imine (C=N–C) groups is 1. The molecule has 0 saturated heterocycles. The Kier molecular flexibility index (Phi) is 11.1. The topological polar surface area (TPSA) is 73.1 Å². The number of phenols is 1. The first-order chi connectivity index (χ1) is 7.96. The summed E-state index contributed by atoms with van der Waals surface area (Å²) in [4.78, 5) is 4.17. The maximum atomic E-state index is 9.43. The number of hydrogen-bond donors (Lipinski definition) is 3. The molecule has 0 aliphatic heterocycles. The van der Waals surface area contributed by atoms with Crippen LogP contribution in [0.15, 0.2) is 29.3 Å². The van der Waals surface area contributed by atoms with Crippen molar-refractivity contribution >= 4 is 6.21 Å². The second-order valence-corrected chi connectivity index (χ2v) is 4.10. The molecule has 18 heavy (non-hydrogen) atoms. The van der Waals surface area contributed by atoms with Gasteiger partial charge in [0.2, 0.25) is 0 Å². The van der Waals surface area contributed by atoms with E-state index in [2.05, 4.69) is 4.99 Å². The van der Waals surface area contributed by atoms with E-state index in [1.165, 1.54) is 0 Å². The molecule has 0 aliphatic carbocycles. The first kappa shape index (κ1) is 19.6. The van der Waals surface area contributed by atoms with Crippen molar-refractivity contribution in [2.24, 2.45) is 4.99 Å². The van der Waals surface area contributed by atoms with Gasteiger partial charge >= 0.3 is 0 Å². The summed E-state index contributed by atoms with van der Waals surface area (Å²) in [6.45, 7) is 5.56. The molecule has 0 spiro atoms. The summed E-state index contributed by atoms with van der Waals surface area (Å²) in [6, 6.07) is 6.95. The fraction of sp³-hybridized carbons (Fsp3) is 0.462. The van der Waals surface area contributed by atoms with E-state index < -0.39 is 5.54 Å². The van der Waals surface area contributed by atoms with E-state index in [4.69, 9.17) is 10.2 Å². The van der Waals surface area contributed by atoms with E-state index >= 15 is 0 Å². The van der Waals surface area contributed by atoms with Crippen LogP contribution in [0.3, 0.4) is 0 Å². The number of aliphatic hydroxyl groups is 2. The summed E-state index contributed by atoms with van der Waals surface area (Å²) in [5.74, 6) is 0.199. The monoisotopic (exact) mass is 303 g/mol. The van der Waals surface area contributed by atoms with Gasteiger partial charge < -0.3 is 15.3 Å². The normalized spacial score (nSPS) is 10.5. The predicted octanol–water partition coefficient (Wildman–Crippen LogP) is 1.58. The van der Waals surface area contributed by atoms with E-state index in [0.29, 0.717) is 5.56 Å². The molecule has 98 valence electrons. The number of nitrogens with zero attached hydrogens (tertiary/aromatic N) is 1. The van der Waals surface area contributed by atoms with E-state index in [-0.39, 0.29) is 38.4 Å². The molecule has 0 aliphatic rings. The zero-order chi connectivity index (χ0) is 13.3. The van der Waals surface area contributed by atoms with Gasteiger partial charge in [-0.2, -0.15) is 0 Å². The second kappa shape index (κ2) is 10.2. The second-order valence-electron chi connectivity index (χ2n) is 4.10. The van der Waals surface area contributed by atoms with Gasteiger partial charge in [0, 0.05) is 37.9 Å². The van der Waals surface area contributed by atoms with Crippen LogP contribution in [0.25, 0.3) is 0 Å². The molecule has 0 bridgehead atoms. The summed E-state index contributed by atoms with van der Waals surface area (Å²) < 4.78 is 0. The minimum absolute atomic E-state index is 0. The Balaban J connectivity index is 0. The molecule has 0 saturated carbocycles. The molecule has 4 nitrogen and oxygen atoms in total. The fourth-order valence-electron chi connectivity index (χ4n) is 0.882. The van der Waals surface area contributed by atoms with Crippen molar-refractivity contribution < 1.29 is 34.8 Å². The van der Waals surface area contributed by atoms with Gasteiger partial charge in [-0.3, -0.25) is 4.99 Å². The minimum atomic E-state index is -0.498. The van der Waals surface area contributed by atoms with Crippen molar-refractivity contribution in [1.29, 1.82) is 0 Å². The molecule has 0 radical (unpaired) electrons. The average Bonchev–Trinajstić information content (AvgIpc) is 2.29. The van der Waals surface area contributed by atoms with Crippen molar-refractivity contribution in [2.75, 3.05) is 13.2 Å². The maximum Gasteiger partial charge on any atom is 0.124 e. The largest absolute Gasteiger partial charge is 0.507 e. The van der Waals surface area contributed by atoms with Crippen LogP contribution in [0.2, 0.25) is 0 Å². The van der Waals surface area contributed by atoms with Crippen LogP contribution in [0.4, 0.5) is 0 Å². The summed E-state index contributed by atoms with van der Waals surface area (Å²) in [5.41, 5.74) is 0.163. The number of hydrogen-bond acceptors (Lipinski definition) is 4. The third-order valence-corrected chi connectivity index (χ3v) is 1.88. The molecule has 0 atom stereocenters. The zero-order valence-electron chi connectivity index (χ0n) is 11.3. The first-order valence-corrected chi connectivity index (χ1v) is 5.51. The average molecular weight is 305 g/mol. The molecular weight excluding hydrogens is 284 g/mol. The van der Waals surface area contributed by atoms with Crippen LogP contribution in [-0.2, 0) is 19.5 Å². The van der Waals surface area contributed by atoms with Gasteiger partial charge in [0.1, 0.15) is 5.75 Å². The molecule has 3 N–H and O–H groups in total. The van der Waals surface area contributed by atoms with Gasteiger partial charge in [-0.15, -0.1) is 0 Å². The molecule has 0 heterocycles. The molecule has 0 aromatic heterocycles. The zero-order valence-corrected chi connectivity index (χ0v) is 14.3. The molecule has 1 rings (SSSR count). The van der Waals surface area contributed by atoms with E-state index in [1.54, 1.807) is 31.3 Å². The summed E-state index contributed by atoms with van der Waals surface area (Å²) in [7, 11) is 0. The van der Waals surface area contributed by atoms with Gasteiger partial charge in [-0.05, 0) is 32.9 Å². The van der Waals surface area contributed by atoms with Crippen molar-refractivity contribution in [3.05, 3.63) is 29.8 Å². The molecule has 1 aromatic carbocycles. The molecular formula is C13H21NO3Zn. The van der Waals surface area contributed by atoms with Crippen molar-refractivity contribution in [1.82, 2.24) is 0 Å². The number of benzene rings is 1. The van der Waals surface area contributed by atoms with Crippen molar-refractivity contribution in [3.63, 3.8) is 0 Å². The fourth-order valence-corrected chi connectivity index (χ4v) is 0.882. The number of rotatable bonds is 3. The maximum absolute atomic E-state index is 9.43. The minimum Gasteiger partial charge on any atom is -0.507 e. The van der Waals surface area contributed by atoms with Crippen molar-refractivity contribution in [3.8, 4) is 5.75 Å². The van der Waals surface area contributed by atoms with Crippen LogP contribution < -0.4 is 0 Å². The molecule has 5 heteroatoms. The Labute approximate surface area is 121 Å². The van der Waals surface area contributed by atoms with Crippen molar-refractivity contribution in [2.45, 2.75) is 26.3 Å². The molecule has 0 fully saturated rings. The Bertz CT molecular complexity index is 354. The van der Waals surface area contributed by atoms with Crippen LogP contribution in [0.1, 0.15) is 26.3 Å². The Morgan fingerprint density at radius 1 is 1.22 bits per heavy atom. The SMILES string of the molecule is CC(C)(CO)N=Cc1ccccc1O.CCO.[Zn]. The summed E-state index contributed by atoms with van der Waals surface area (Å²) in [5, 5.41) is 26.0. The summed E-state index contributed by atoms with van der Waals surface area (Å²) in [6.07, 6.45) is 1.57. The van der Waals surface area contributed by atoms with Crippen LogP contribution in [0, 0.1) is 0 Å². The smallest absolute Gasteiger partial charge is 0.124 e. The van der Waals surface area contributed by atoms with Crippen LogP contribution in [-0.4, -0.2) is 40.3 Å². The van der Waals surface area contributed by atoms with Gasteiger partial charge in [-0.1, -0.05) is 12.1 Å². The quantitative estimate of drug-likeness (QED) is 0.586. The van der Waals surface area contributed by atoms with E-state index in [9.17, 15) is 5.11 Å². The Morgan fingerprint density at radius 2 is 1.72 bits per heavy atom. The van der Waals surface area contributed by atoms with E-state index in [0.717, 1.165) is 0 Å². The predicted molar refractivity (Wildman–Crippen MR) is 69.6 cm³/mol. The summed E-state index contributed by atoms with van der Waals surface area (Å²) >= 11 is 0. The number of aliphatic hydroxyl groups excluding tert-OH is 2. The van der Waals surface area contributed by atoms with Gasteiger partial charge in [0.05, 0.1) is 12.1 Å². The Hall–Kier alpha value is -0.767. The first-order valence-electron chi connectivity index (χ1n) is 5.51. The molecule has 1 aromatic rings. The van der Waals surface area contributed by atoms with Gasteiger partial charge in [-0.25, -0.2) is 0 Å².